The van der Waals surface area contributed by atoms with Crippen molar-refractivity contribution in [3.63, 3.8) is 0 Å². The third-order valence-corrected chi connectivity index (χ3v) is 57.9. The number of rotatable bonds is 13. The number of hydrogen-bond acceptors (Lipinski definition) is 12. The quantitative estimate of drug-likeness (QED) is 0.164. The Kier molecular flexibility index (Phi) is 14.9. The minimum Gasteiger partial charge on any atom is -0.419 e. The monoisotopic (exact) mass is 1050 g/mol. The fraction of sp³-hybridized carbons (Fsp3) is 1.00. The molecule has 0 atom stereocenters. The van der Waals surface area contributed by atoms with Crippen molar-refractivity contribution < 1.29 is 49.4 Å². The summed E-state index contributed by atoms with van der Waals surface area (Å²) in [5.41, 5.74) is 0.683. The van der Waals surface area contributed by atoms with E-state index < -0.39 is 88.8 Å². The Morgan fingerprint density at radius 3 is 0.587 bits per heavy atom. The summed E-state index contributed by atoms with van der Waals surface area (Å²) < 4.78 is 100. The second-order valence-electron chi connectivity index (χ2n) is 22.5. The molecule has 10 rings (SSSR count). The van der Waals surface area contributed by atoms with Crippen molar-refractivity contribution in [2.75, 3.05) is 0 Å². The molecule has 0 radical (unpaired) electrons. The molecule has 0 unspecified atom stereocenters. The van der Waals surface area contributed by atoms with Gasteiger partial charge in [0.15, 0.2) is 27.1 Å². The summed E-state index contributed by atoms with van der Waals surface area (Å²) in [6.45, 7) is 13.9. The lowest BCUT2D eigenvalue weighted by Crippen LogP contribution is -2.86. The molecule has 63 heavy (non-hydrogen) atoms. The Morgan fingerprint density at radius 1 is 0.254 bits per heavy atom. The van der Waals surface area contributed by atoms with Crippen LogP contribution in [0.2, 0.25) is 78.1 Å². The van der Waals surface area contributed by atoms with Gasteiger partial charge in [-0.3, -0.25) is 0 Å². The topological polar surface area (TPSA) is 111 Å². The molecule has 0 amide bonds. The van der Waals surface area contributed by atoms with Crippen molar-refractivity contribution >= 4 is 88.8 Å². The fourth-order valence-corrected chi connectivity index (χ4v) is 70.1. The molecule has 10 fully saturated rings. The highest BCUT2D eigenvalue weighted by molar-refractivity contribution is 7.01. The molecular weight excluding hydrogens is 965 g/mol. The summed E-state index contributed by atoms with van der Waals surface area (Å²) in [6, 6.07) is 0. The SMILES string of the molecule is C[SiH](C)O[Si]1(C2CCCC2)O[Si]2(C3CCCC3)O[Si](O[SiH](C)C)(C3CCCC3)O[Si]3(C4CCCC4)O[Si](O[SiH](C)C)(C4CCCC4)O[Si](C4CCCC4)(O1)O[Si](C1CCCC1)(O2)O3. The van der Waals surface area contributed by atoms with E-state index in [1.54, 1.807) is 0 Å². The highest BCUT2D eigenvalue weighted by atomic mass is 28.6. The summed E-state index contributed by atoms with van der Waals surface area (Å²) in [7, 11) is -32.5. The smallest absolute Gasteiger partial charge is 0.419 e. The van der Waals surface area contributed by atoms with Gasteiger partial charge in [-0.15, -0.1) is 0 Å². The van der Waals surface area contributed by atoms with E-state index in [2.05, 4.69) is 39.3 Å². The Labute approximate surface area is 393 Å². The summed E-state index contributed by atoms with van der Waals surface area (Å²) in [6.07, 6.45) is 30.0. The Hall–Kier alpha value is 1.69. The molecule has 10 aliphatic rings. The van der Waals surface area contributed by atoms with Crippen molar-refractivity contribution in [2.24, 2.45) is 0 Å². The molecule has 7 aliphatic carbocycles. The summed E-state index contributed by atoms with van der Waals surface area (Å²) >= 11 is 0. The van der Waals surface area contributed by atoms with Crippen LogP contribution in [-0.4, -0.2) is 88.8 Å². The molecule has 0 aromatic heterocycles. The lowest BCUT2D eigenvalue weighted by Gasteiger charge is -2.62. The lowest BCUT2D eigenvalue weighted by atomic mass is 10.4. The van der Waals surface area contributed by atoms with Crippen LogP contribution in [0.5, 0.6) is 0 Å². The first-order chi connectivity index (χ1) is 30.3. The zero-order valence-electron chi connectivity index (χ0n) is 40.0. The van der Waals surface area contributed by atoms with Crippen LogP contribution in [0.3, 0.4) is 0 Å². The maximum atomic E-state index is 8.61. The third kappa shape index (κ3) is 9.27. The van der Waals surface area contributed by atoms with Gasteiger partial charge < -0.3 is 49.4 Å². The van der Waals surface area contributed by atoms with E-state index in [0.29, 0.717) is 0 Å². The molecule has 3 aliphatic heterocycles. The molecule has 4 bridgehead atoms. The van der Waals surface area contributed by atoms with Gasteiger partial charge in [-0.1, -0.05) is 89.9 Å². The average Bonchev–Trinajstić information content (AvgIpc) is 4.07. The number of hydrogen-bond donors (Lipinski definition) is 0. The molecule has 360 valence electrons. The maximum Gasteiger partial charge on any atom is 0.482 e. The largest absolute Gasteiger partial charge is 0.482 e. The van der Waals surface area contributed by atoms with Gasteiger partial charge in [0.2, 0.25) is 0 Å². The standard InChI is InChI=1S/C41H84O12Si10/c1-54(2)42-57(35-21-7-8-22-35)45-60(38-27-13-14-28-38)47-58(43-55(3)4,36-23-9-10-24-36)49-62(40-31-17-18-32-40)50-59(44-56(5)6,37-25-11-12-26-37)48-61(46-57,39-29-15-16-30-39)52-63(51-60,53-62)41-33-19-20-34-41/h35-41,54-56H,7-34H2,1-6H3. The van der Waals surface area contributed by atoms with Crippen molar-refractivity contribution in [3.8, 4) is 0 Å². The second kappa shape index (κ2) is 19.4. The second-order valence-corrected chi connectivity index (χ2v) is 53.1. The van der Waals surface area contributed by atoms with Gasteiger partial charge in [-0.25, -0.2) is 0 Å². The minimum absolute atomic E-state index is 0.0713. The van der Waals surface area contributed by atoms with Gasteiger partial charge >= 0.3 is 61.6 Å². The van der Waals surface area contributed by atoms with Gasteiger partial charge in [-0.2, -0.15) is 0 Å². The lowest BCUT2D eigenvalue weighted by molar-refractivity contribution is -0.00581. The van der Waals surface area contributed by atoms with E-state index in [1.165, 1.54) is 0 Å². The predicted molar refractivity (Wildman–Crippen MR) is 265 cm³/mol. The Morgan fingerprint density at radius 2 is 0.413 bits per heavy atom. The predicted octanol–water partition coefficient (Wildman–Crippen LogP) is 11.4. The highest BCUT2D eigenvalue weighted by Gasteiger charge is 2.84. The van der Waals surface area contributed by atoms with E-state index in [0.717, 1.165) is 180 Å². The van der Waals surface area contributed by atoms with E-state index >= 15 is 0 Å². The van der Waals surface area contributed by atoms with Crippen LogP contribution >= 0.6 is 0 Å². The molecule has 12 nitrogen and oxygen atoms in total. The summed E-state index contributed by atoms with van der Waals surface area (Å²) in [5.74, 6) is 0. The van der Waals surface area contributed by atoms with E-state index in [9.17, 15) is 0 Å². The van der Waals surface area contributed by atoms with Gasteiger partial charge in [0.05, 0.1) is 0 Å². The van der Waals surface area contributed by atoms with Crippen LogP contribution in [0.1, 0.15) is 180 Å². The van der Waals surface area contributed by atoms with Gasteiger partial charge in [-0.05, 0) is 129 Å². The van der Waals surface area contributed by atoms with Gasteiger partial charge in [0, 0.05) is 38.8 Å². The first-order valence-electron chi connectivity index (χ1n) is 26.7. The Balaban J connectivity index is 1.31. The summed E-state index contributed by atoms with van der Waals surface area (Å²) in [5, 5.41) is 0. The van der Waals surface area contributed by atoms with E-state index in [4.69, 9.17) is 49.4 Å². The molecule has 0 aromatic carbocycles. The van der Waals surface area contributed by atoms with Crippen molar-refractivity contribution in [2.45, 2.75) is 258 Å². The van der Waals surface area contributed by atoms with E-state index in [-0.39, 0.29) is 38.8 Å². The molecule has 7 saturated carbocycles. The first-order valence-corrected chi connectivity index (χ1v) is 47.7. The minimum atomic E-state index is -3.94. The van der Waals surface area contributed by atoms with Crippen LogP contribution in [-0.2, 0) is 49.4 Å². The molecule has 0 N–H and O–H groups in total. The number of fused-ring (bicyclic) bond motifs is 3. The molecule has 0 spiro atoms. The van der Waals surface area contributed by atoms with Crippen LogP contribution in [0.15, 0.2) is 0 Å². The average molecular weight is 1050 g/mol. The maximum absolute atomic E-state index is 8.61. The van der Waals surface area contributed by atoms with Crippen LogP contribution in [0.4, 0.5) is 0 Å². The van der Waals surface area contributed by atoms with Crippen molar-refractivity contribution in [1.82, 2.24) is 0 Å². The zero-order valence-corrected chi connectivity index (χ0v) is 50.4. The van der Waals surface area contributed by atoms with Crippen molar-refractivity contribution in [3.05, 3.63) is 0 Å². The first kappa shape index (κ1) is 48.3. The summed E-state index contributed by atoms with van der Waals surface area (Å²) in [4.78, 5) is 0. The molecule has 3 saturated heterocycles. The molecular formula is C41H84O12Si10. The van der Waals surface area contributed by atoms with Crippen LogP contribution < -0.4 is 0 Å². The normalized spacial score (nSPS) is 43.6. The van der Waals surface area contributed by atoms with Crippen molar-refractivity contribution in [1.29, 1.82) is 0 Å². The highest BCUT2D eigenvalue weighted by Crippen LogP contribution is 2.63. The Bertz CT molecular complexity index is 1360. The van der Waals surface area contributed by atoms with Gasteiger partial charge in [0.25, 0.3) is 0 Å². The zero-order chi connectivity index (χ0) is 43.6. The molecule has 22 heteroatoms. The third-order valence-electron chi connectivity index (χ3n) is 16.7. The van der Waals surface area contributed by atoms with Crippen LogP contribution in [0.25, 0.3) is 0 Å². The molecule has 0 aromatic rings. The van der Waals surface area contributed by atoms with E-state index in [1.807, 2.05) is 0 Å². The van der Waals surface area contributed by atoms with Gasteiger partial charge in [0.1, 0.15) is 0 Å². The van der Waals surface area contributed by atoms with Crippen LogP contribution in [0, 0.1) is 0 Å². The molecule has 3 heterocycles. The fourth-order valence-electron chi connectivity index (χ4n) is 14.0.